The predicted molar refractivity (Wildman–Crippen MR) is 102 cm³/mol. The van der Waals surface area contributed by atoms with Crippen molar-refractivity contribution in [3.63, 3.8) is 0 Å². The lowest BCUT2D eigenvalue weighted by atomic mass is 10.1. The van der Waals surface area contributed by atoms with E-state index < -0.39 is 27.8 Å². The Morgan fingerprint density at radius 3 is 2.30 bits per heavy atom. The standard InChI is InChI=1S/C20H23NO5S/c1-2-3-13-18(20(23)24)21-19(22)17-12-8-7-9-15(17)14-27(25,26)16-10-5-4-6-11-16/h4-12,18H,2-3,13-14H2,1H3,(H,21,22)(H,23,24)/t18-/m0/s1. The van der Waals surface area contributed by atoms with E-state index in [9.17, 15) is 23.1 Å². The van der Waals surface area contributed by atoms with E-state index in [1.165, 1.54) is 18.2 Å². The first-order chi connectivity index (χ1) is 12.8. The molecule has 0 unspecified atom stereocenters. The van der Waals surface area contributed by atoms with Gasteiger partial charge in [-0.25, -0.2) is 13.2 Å². The maximum atomic E-state index is 12.6. The summed E-state index contributed by atoms with van der Waals surface area (Å²) in [5, 5.41) is 11.8. The van der Waals surface area contributed by atoms with Crippen molar-refractivity contribution in [2.45, 2.75) is 42.9 Å². The van der Waals surface area contributed by atoms with Crippen LogP contribution in [0.1, 0.15) is 42.1 Å². The molecule has 0 aliphatic rings. The van der Waals surface area contributed by atoms with Crippen molar-refractivity contribution in [1.82, 2.24) is 5.32 Å². The predicted octanol–water partition coefficient (Wildman–Crippen LogP) is 3.03. The van der Waals surface area contributed by atoms with Crippen LogP contribution in [0.5, 0.6) is 0 Å². The molecule has 0 saturated heterocycles. The molecule has 144 valence electrons. The number of hydrogen-bond acceptors (Lipinski definition) is 4. The van der Waals surface area contributed by atoms with Crippen LogP contribution in [0.25, 0.3) is 0 Å². The van der Waals surface area contributed by atoms with E-state index in [0.29, 0.717) is 18.4 Å². The smallest absolute Gasteiger partial charge is 0.326 e. The molecule has 27 heavy (non-hydrogen) atoms. The minimum absolute atomic E-state index is 0.166. The fraction of sp³-hybridized carbons (Fsp3) is 0.300. The molecule has 0 aliphatic carbocycles. The zero-order valence-corrected chi connectivity index (χ0v) is 15.9. The van der Waals surface area contributed by atoms with Gasteiger partial charge in [-0.15, -0.1) is 0 Å². The van der Waals surface area contributed by atoms with Crippen LogP contribution in [-0.4, -0.2) is 31.4 Å². The van der Waals surface area contributed by atoms with E-state index in [0.717, 1.165) is 6.42 Å². The third-order valence-corrected chi connectivity index (χ3v) is 5.84. The number of carboxylic acids is 1. The topological polar surface area (TPSA) is 101 Å². The molecule has 0 saturated carbocycles. The number of sulfone groups is 1. The first-order valence-electron chi connectivity index (χ1n) is 8.74. The van der Waals surface area contributed by atoms with Crippen molar-refractivity contribution in [1.29, 1.82) is 0 Å². The Hall–Kier alpha value is -2.67. The molecular formula is C20H23NO5S. The maximum Gasteiger partial charge on any atom is 0.326 e. The zero-order valence-electron chi connectivity index (χ0n) is 15.1. The number of aliphatic carboxylic acids is 1. The van der Waals surface area contributed by atoms with E-state index in [4.69, 9.17) is 0 Å². The minimum Gasteiger partial charge on any atom is -0.480 e. The number of rotatable bonds is 9. The van der Waals surface area contributed by atoms with E-state index in [1.54, 1.807) is 36.4 Å². The number of amides is 1. The van der Waals surface area contributed by atoms with Gasteiger partial charge in [0.25, 0.3) is 5.91 Å². The van der Waals surface area contributed by atoms with Crippen molar-refractivity contribution in [3.8, 4) is 0 Å². The summed E-state index contributed by atoms with van der Waals surface area (Å²) in [6.45, 7) is 1.93. The largest absolute Gasteiger partial charge is 0.480 e. The second-order valence-electron chi connectivity index (χ2n) is 6.24. The third-order valence-electron chi connectivity index (χ3n) is 4.16. The maximum absolute atomic E-state index is 12.6. The van der Waals surface area contributed by atoms with Crippen molar-refractivity contribution in [3.05, 3.63) is 65.7 Å². The Labute approximate surface area is 159 Å². The molecule has 0 heterocycles. The van der Waals surface area contributed by atoms with Crippen LogP contribution in [0.4, 0.5) is 0 Å². The van der Waals surface area contributed by atoms with Gasteiger partial charge < -0.3 is 10.4 Å². The van der Waals surface area contributed by atoms with Crippen LogP contribution < -0.4 is 5.32 Å². The summed E-state index contributed by atoms with van der Waals surface area (Å²) in [7, 11) is -3.62. The zero-order chi connectivity index (χ0) is 19.9. The molecule has 0 bridgehead atoms. The van der Waals surface area contributed by atoms with Crippen LogP contribution in [0.3, 0.4) is 0 Å². The molecule has 6 nitrogen and oxygen atoms in total. The number of carbonyl (C=O) groups is 2. The van der Waals surface area contributed by atoms with E-state index in [1.807, 2.05) is 6.92 Å². The summed E-state index contributed by atoms with van der Waals surface area (Å²) in [5.41, 5.74) is 0.498. The normalized spacial score (nSPS) is 12.3. The number of unbranched alkanes of at least 4 members (excludes halogenated alkanes) is 1. The van der Waals surface area contributed by atoms with Gasteiger partial charge in [-0.3, -0.25) is 4.79 Å². The van der Waals surface area contributed by atoms with E-state index >= 15 is 0 Å². The van der Waals surface area contributed by atoms with Gasteiger partial charge in [-0.2, -0.15) is 0 Å². The highest BCUT2D eigenvalue weighted by Gasteiger charge is 2.23. The average molecular weight is 389 g/mol. The summed E-state index contributed by atoms with van der Waals surface area (Å²) in [4.78, 5) is 24.1. The molecule has 0 radical (unpaired) electrons. The number of carbonyl (C=O) groups excluding carboxylic acids is 1. The fourth-order valence-electron chi connectivity index (χ4n) is 2.69. The van der Waals surface area contributed by atoms with Crippen LogP contribution in [0, 0.1) is 0 Å². The van der Waals surface area contributed by atoms with E-state index in [-0.39, 0.29) is 16.2 Å². The summed E-state index contributed by atoms with van der Waals surface area (Å²) in [5.74, 6) is -2.03. The van der Waals surface area contributed by atoms with Crippen molar-refractivity contribution >= 4 is 21.7 Å². The van der Waals surface area contributed by atoms with Gasteiger partial charge in [-0.1, -0.05) is 56.2 Å². The van der Waals surface area contributed by atoms with Crippen molar-refractivity contribution in [2.24, 2.45) is 0 Å². The van der Waals surface area contributed by atoms with Crippen molar-refractivity contribution < 1.29 is 23.1 Å². The fourth-order valence-corrected chi connectivity index (χ4v) is 4.08. The molecule has 0 fully saturated rings. The van der Waals surface area contributed by atoms with Gasteiger partial charge in [0.2, 0.25) is 0 Å². The Morgan fingerprint density at radius 2 is 1.67 bits per heavy atom. The summed E-state index contributed by atoms with van der Waals surface area (Å²) < 4.78 is 25.2. The minimum atomic E-state index is -3.62. The Morgan fingerprint density at radius 1 is 1.04 bits per heavy atom. The Balaban J connectivity index is 2.24. The first kappa shape index (κ1) is 20.6. The first-order valence-corrected chi connectivity index (χ1v) is 10.4. The molecule has 2 rings (SSSR count). The van der Waals surface area contributed by atoms with Gasteiger partial charge in [0.05, 0.1) is 10.6 Å². The molecule has 1 atom stereocenters. The lowest BCUT2D eigenvalue weighted by Crippen LogP contribution is -2.41. The average Bonchev–Trinajstić information content (AvgIpc) is 2.65. The molecule has 2 aromatic carbocycles. The highest BCUT2D eigenvalue weighted by molar-refractivity contribution is 7.90. The Kier molecular flexibility index (Phi) is 7.12. The van der Waals surface area contributed by atoms with Crippen molar-refractivity contribution in [2.75, 3.05) is 0 Å². The highest BCUT2D eigenvalue weighted by atomic mass is 32.2. The summed E-state index contributed by atoms with van der Waals surface area (Å²) in [6, 6.07) is 13.3. The van der Waals surface area contributed by atoms with Crippen LogP contribution in [0.15, 0.2) is 59.5 Å². The summed E-state index contributed by atoms with van der Waals surface area (Å²) in [6.07, 6.45) is 1.80. The van der Waals surface area contributed by atoms with Crippen LogP contribution in [-0.2, 0) is 20.4 Å². The SMILES string of the molecule is CCCC[C@H](NC(=O)c1ccccc1CS(=O)(=O)c1ccccc1)C(=O)O. The highest BCUT2D eigenvalue weighted by Crippen LogP contribution is 2.19. The second-order valence-corrected chi connectivity index (χ2v) is 8.23. The van der Waals surface area contributed by atoms with Gasteiger partial charge in [0, 0.05) is 5.56 Å². The number of nitrogens with one attached hydrogen (secondary N) is 1. The molecule has 1 amide bonds. The molecule has 7 heteroatoms. The van der Waals surface area contributed by atoms with Gasteiger partial charge in [-0.05, 0) is 30.2 Å². The van der Waals surface area contributed by atoms with Gasteiger partial charge in [0.1, 0.15) is 6.04 Å². The lowest BCUT2D eigenvalue weighted by molar-refractivity contribution is -0.139. The monoisotopic (exact) mass is 389 g/mol. The molecule has 2 aromatic rings. The molecule has 0 spiro atoms. The number of hydrogen-bond donors (Lipinski definition) is 2. The van der Waals surface area contributed by atoms with Gasteiger partial charge >= 0.3 is 5.97 Å². The summed E-state index contributed by atoms with van der Waals surface area (Å²) >= 11 is 0. The molecule has 0 aromatic heterocycles. The quantitative estimate of drug-likeness (QED) is 0.686. The Bertz CT molecular complexity index is 894. The number of carboxylic acid groups (broad SMARTS) is 1. The van der Waals surface area contributed by atoms with E-state index in [2.05, 4.69) is 5.32 Å². The third kappa shape index (κ3) is 5.65. The second kappa shape index (κ2) is 9.32. The lowest BCUT2D eigenvalue weighted by Gasteiger charge is -2.16. The van der Waals surface area contributed by atoms with Gasteiger partial charge in [0.15, 0.2) is 9.84 Å². The van der Waals surface area contributed by atoms with Crippen LogP contribution >= 0.6 is 0 Å². The molecular weight excluding hydrogens is 366 g/mol. The van der Waals surface area contributed by atoms with Crippen LogP contribution in [0.2, 0.25) is 0 Å². The number of benzene rings is 2. The molecule has 2 N–H and O–H groups in total. The molecule has 0 aliphatic heterocycles.